The van der Waals surface area contributed by atoms with Crippen LogP contribution in [0.1, 0.15) is 29.2 Å². The van der Waals surface area contributed by atoms with Gasteiger partial charge in [0.25, 0.3) is 5.91 Å². The van der Waals surface area contributed by atoms with Gasteiger partial charge in [0.05, 0.1) is 47.1 Å². The second-order valence-electron chi connectivity index (χ2n) is 8.56. The van der Waals surface area contributed by atoms with E-state index in [-0.39, 0.29) is 13.0 Å². The number of methoxy groups -OCH3 is 4. The molecule has 2 atom stereocenters. The zero-order valence-corrected chi connectivity index (χ0v) is 22.3. The number of hydrogen-bond acceptors (Lipinski definition) is 7. The van der Waals surface area contributed by atoms with Gasteiger partial charge in [0.1, 0.15) is 23.7 Å². The van der Waals surface area contributed by atoms with E-state index in [0.29, 0.717) is 44.8 Å². The summed E-state index contributed by atoms with van der Waals surface area (Å²) in [4.78, 5) is 27.5. The first kappa shape index (κ1) is 27.1. The van der Waals surface area contributed by atoms with Gasteiger partial charge in [-0.25, -0.2) is 0 Å². The summed E-state index contributed by atoms with van der Waals surface area (Å²) < 4.78 is 28.4. The third-order valence-electron chi connectivity index (χ3n) is 6.33. The van der Waals surface area contributed by atoms with E-state index in [1.165, 1.54) is 14.2 Å². The van der Waals surface area contributed by atoms with E-state index in [1.807, 2.05) is 12.1 Å². The molecule has 0 radical (unpaired) electrons. The standard InChI is InChI=1S/C28H29ClN2O7/c1-34-18-10-8-16(23(13-18)36-3)15-31-21-11-9-17(29)12-20(21)26(38-24(28(31)33)14-25(30)32)19-6-5-7-22(35-2)27(19)37-4/h5-13,24,26H,14-15H2,1-4H3,(H2,30,32)/t24-,26-/m1/s1. The predicted molar refractivity (Wildman–Crippen MR) is 142 cm³/mol. The molecule has 0 aromatic heterocycles. The minimum Gasteiger partial charge on any atom is -0.497 e. The van der Waals surface area contributed by atoms with Gasteiger partial charge in [0.2, 0.25) is 5.91 Å². The average Bonchev–Trinajstić information content (AvgIpc) is 3.02. The number of anilines is 1. The zero-order valence-electron chi connectivity index (χ0n) is 21.5. The number of rotatable bonds is 9. The normalized spacial score (nSPS) is 16.9. The maximum absolute atomic E-state index is 13.9. The molecular formula is C28H29ClN2O7. The smallest absolute Gasteiger partial charge is 0.257 e. The molecule has 3 aromatic rings. The SMILES string of the molecule is COc1ccc(CN2C(=O)[C@@H](CC(N)=O)O[C@H](c3cccc(OC)c3OC)c3cc(Cl)ccc32)c(OC)c1. The van der Waals surface area contributed by atoms with Crippen LogP contribution in [0.15, 0.2) is 54.6 Å². The molecule has 2 N–H and O–H groups in total. The quantitative estimate of drug-likeness (QED) is 0.431. The van der Waals surface area contributed by atoms with Crippen molar-refractivity contribution in [2.45, 2.75) is 25.2 Å². The van der Waals surface area contributed by atoms with Crippen molar-refractivity contribution >= 4 is 29.1 Å². The average molecular weight is 541 g/mol. The van der Waals surface area contributed by atoms with Crippen LogP contribution >= 0.6 is 11.6 Å². The summed E-state index contributed by atoms with van der Waals surface area (Å²) in [5.74, 6) is 0.955. The molecule has 4 rings (SSSR count). The molecule has 0 fully saturated rings. The number of carbonyl (C=O) groups is 2. The zero-order chi connectivity index (χ0) is 27.4. The number of nitrogens with two attached hydrogens (primary N) is 1. The molecule has 1 heterocycles. The number of nitrogens with zero attached hydrogens (tertiary/aromatic N) is 1. The number of halogens is 1. The largest absolute Gasteiger partial charge is 0.497 e. The number of hydrogen-bond donors (Lipinski definition) is 1. The Morgan fingerprint density at radius 1 is 0.947 bits per heavy atom. The third kappa shape index (κ3) is 5.34. The molecule has 2 amide bonds. The van der Waals surface area contributed by atoms with Gasteiger partial charge >= 0.3 is 0 Å². The van der Waals surface area contributed by atoms with E-state index in [1.54, 1.807) is 61.6 Å². The maximum atomic E-state index is 13.9. The molecule has 1 aliphatic rings. The van der Waals surface area contributed by atoms with Crippen molar-refractivity contribution in [3.05, 3.63) is 76.3 Å². The molecule has 3 aromatic carbocycles. The Bertz CT molecular complexity index is 1350. The van der Waals surface area contributed by atoms with Crippen molar-refractivity contribution in [2.75, 3.05) is 33.3 Å². The van der Waals surface area contributed by atoms with E-state index >= 15 is 0 Å². The highest BCUT2D eigenvalue weighted by Gasteiger charge is 2.39. The van der Waals surface area contributed by atoms with Crippen LogP contribution < -0.4 is 29.6 Å². The van der Waals surface area contributed by atoms with Crippen LogP contribution in [-0.4, -0.2) is 46.4 Å². The Hall–Kier alpha value is -3.95. The van der Waals surface area contributed by atoms with Crippen LogP contribution in [0.2, 0.25) is 5.02 Å². The summed E-state index contributed by atoms with van der Waals surface area (Å²) >= 11 is 6.44. The topological polar surface area (TPSA) is 110 Å². The first-order chi connectivity index (χ1) is 18.3. The number of fused-ring (bicyclic) bond motifs is 1. The third-order valence-corrected chi connectivity index (χ3v) is 6.56. The monoisotopic (exact) mass is 540 g/mol. The van der Waals surface area contributed by atoms with Crippen molar-refractivity contribution in [2.24, 2.45) is 5.73 Å². The summed E-state index contributed by atoms with van der Waals surface area (Å²) in [5, 5.41) is 0.446. The van der Waals surface area contributed by atoms with Gasteiger partial charge in [-0.3, -0.25) is 9.59 Å². The van der Waals surface area contributed by atoms with E-state index in [2.05, 4.69) is 0 Å². The number of para-hydroxylation sites is 1. The highest BCUT2D eigenvalue weighted by molar-refractivity contribution is 6.30. The van der Waals surface area contributed by atoms with Crippen molar-refractivity contribution in [3.63, 3.8) is 0 Å². The molecule has 200 valence electrons. The first-order valence-corrected chi connectivity index (χ1v) is 12.1. The van der Waals surface area contributed by atoms with Crippen molar-refractivity contribution in [3.8, 4) is 23.0 Å². The van der Waals surface area contributed by atoms with Gasteiger partial charge in [-0.05, 0) is 36.4 Å². The molecule has 0 saturated carbocycles. The summed E-state index contributed by atoms with van der Waals surface area (Å²) in [6.07, 6.45) is -2.33. The molecule has 10 heteroatoms. The Morgan fingerprint density at radius 3 is 2.37 bits per heavy atom. The molecule has 0 spiro atoms. The Labute approximate surface area is 225 Å². The Kier molecular flexibility index (Phi) is 8.29. The number of ether oxygens (including phenoxy) is 5. The van der Waals surface area contributed by atoms with Gasteiger partial charge < -0.3 is 34.3 Å². The highest BCUT2D eigenvalue weighted by Crippen LogP contribution is 2.45. The number of carbonyl (C=O) groups excluding carboxylic acids is 2. The molecule has 1 aliphatic heterocycles. The van der Waals surface area contributed by atoms with Gasteiger partial charge in [0, 0.05) is 27.8 Å². The molecule has 0 saturated heterocycles. The lowest BCUT2D eigenvalue weighted by Gasteiger charge is -2.26. The predicted octanol–water partition coefficient (Wildman–Crippen LogP) is 4.27. The highest BCUT2D eigenvalue weighted by atomic mass is 35.5. The fourth-order valence-electron chi connectivity index (χ4n) is 4.56. The van der Waals surface area contributed by atoms with Crippen LogP contribution in [0.25, 0.3) is 0 Å². The number of benzene rings is 3. The van der Waals surface area contributed by atoms with Crippen LogP contribution in [0.3, 0.4) is 0 Å². The minimum absolute atomic E-state index is 0.126. The van der Waals surface area contributed by atoms with Gasteiger partial charge in [-0.2, -0.15) is 0 Å². The molecular weight excluding hydrogens is 512 g/mol. The van der Waals surface area contributed by atoms with Crippen molar-refractivity contribution in [1.82, 2.24) is 0 Å². The van der Waals surface area contributed by atoms with Gasteiger partial charge in [-0.1, -0.05) is 23.7 Å². The number of amides is 2. The molecule has 9 nitrogen and oxygen atoms in total. The van der Waals surface area contributed by atoms with E-state index in [4.69, 9.17) is 41.0 Å². The van der Waals surface area contributed by atoms with Gasteiger partial charge in [0.15, 0.2) is 11.5 Å². The van der Waals surface area contributed by atoms with Crippen LogP contribution in [-0.2, 0) is 20.9 Å². The first-order valence-electron chi connectivity index (χ1n) is 11.8. The van der Waals surface area contributed by atoms with Crippen LogP contribution in [0, 0.1) is 0 Å². The van der Waals surface area contributed by atoms with Gasteiger partial charge in [-0.15, -0.1) is 0 Å². The van der Waals surface area contributed by atoms with E-state index in [9.17, 15) is 9.59 Å². The molecule has 38 heavy (non-hydrogen) atoms. The Morgan fingerprint density at radius 2 is 1.71 bits per heavy atom. The lowest BCUT2D eigenvalue weighted by molar-refractivity contribution is -0.137. The van der Waals surface area contributed by atoms with Crippen molar-refractivity contribution in [1.29, 1.82) is 0 Å². The fourth-order valence-corrected chi connectivity index (χ4v) is 4.74. The second-order valence-corrected chi connectivity index (χ2v) is 9.00. The molecule has 0 bridgehead atoms. The lowest BCUT2D eigenvalue weighted by Crippen LogP contribution is -2.41. The summed E-state index contributed by atoms with van der Waals surface area (Å²) in [6, 6.07) is 15.9. The van der Waals surface area contributed by atoms with E-state index < -0.39 is 24.0 Å². The summed E-state index contributed by atoms with van der Waals surface area (Å²) in [6.45, 7) is 0.126. The minimum atomic E-state index is -1.18. The summed E-state index contributed by atoms with van der Waals surface area (Å²) in [7, 11) is 6.15. The fraction of sp³-hybridized carbons (Fsp3) is 0.286. The van der Waals surface area contributed by atoms with Crippen LogP contribution in [0.5, 0.6) is 23.0 Å². The second kappa shape index (κ2) is 11.6. The van der Waals surface area contributed by atoms with Crippen LogP contribution in [0.4, 0.5) is 5.69 Å². The van der Waals surface area contributed by atoms with Crippen molar-refractivity contribution < 1.29 is 33.3 Å². The molecule has 0 aliphatic carbocycles. The Balaban J connectivity index is 1.91. The lowest BCUT2D eigenvalue weighted by atomic mass is 9.97. The maximum Gasteiger partial charge on any atom is 0.257 e. The number of primary amides is 1. The summed E-state index contributed by atoms with van der Waals surface area (Å²) in [5.41, 5.74) is 8.02. The molecule has 0 unspecified atom stereocenters. The van der Waals surface area contributed by atoms with E-state index in [0.717, 1.165) is 5.56 Å².